The minimum Gasteiger partial charge on any atom is -0.483 e. The van der Waals surface area contributed by atoms with E-state index in [0.29, 0.717) is 0 Å². The third kappa shape index (κ3) is 37.7. The van der Waals surface area contributed by atoms with Gasteiger partial charge in [-0.1, -0.05) is 0 Å². The summed E-state index contributed by atoms with van der Waals surface area (Å²) in [5.74, 6) is 0.0208. The molecule has 5 nitrogen and oxygen atoms in total. The van der Waals surface area contributed by atoms with Gasteiger partial charge in [0, 0.05) is 0 Å². The zero-order valence-electron chi connectivity index (χ0n) is 4.94. The molecule has 0 aliphatic rings. The van der Waals surface area contributed by atoms with E-state index in [1.807, 2.05) is 0 Å². The fourth-order valence-electron chi connectivity index (χ4n) is 0. The normalized spacial score (nSPS) is 9.11. The van der Waals surface area contributed by atoms with Crippen molar-refractivity contribution in [2.24, 2.45) is 5.14 Å². The van der Waals surface area contributed by atoms with Crippen molar-refractivity contribution in [2.45, 2.75) is 6.92 Å². The van der Waals surface area contributed by atoms with Gasteiger partial charge in [0.05, 0.1) is 5.75 Å². The van der Waals surface area contributed by atoms with Crippen LogP contribution in [0, 0.1) is 0 Å². The Morgan fingerprint density at radius 3 is 1.78 bits per heavy atom. The zero-order valence-corrected chi connectivity index (χ0v) is 5.76. The van der Waals surface area contributed by atoms with Crippen molar-refractivity contribution in [1.29, 1.82) is 0 Å². The lowest BCUT2D eigenvalue weighted by atomic mass is 11.0. The minimum absolute atomic E-state index is 0.0208. The first-order valence-corrected chi connectivity index (χ1v) is 3.77. The topological polar surface area (TPSA) is 97.5 Å². The van der Waals surface area contributed by atoms with Crippen LogP contribution in [0.4, 0.5) is 0 Å². The number of carbonyl (C=O) groups is 1. The molecule has 0 aromatic rings. The van der Waals surface area contributed by atoms with Gasteiger partial charge < -0.3 is 5.11 Å². The van der Waals surface area contributed by atoms with Crippen LogP contribution in [0.1, 0.15) is 6.92 Å². The summed E-state index contributed by atoms with van der Waals surface area (Å²) in [6.45, 7) is 1.25. The van der Waals surface area contributed by atoms with Gasteiger partial charge in [0.1, 0.15) is 0 Å². The molecule has 0 fully saturated rings. The highest BCUT2D eigenvalue weighted by Crippen LogP contribution is 1.68. The summed E-state index contributed by atoms with van der Waals surface area (Å²) >= 11 is 0. The highest BCUT2D eigenvalue weighted by molar-refractivity contribution is 7.89. The predicted molar refractivity (Wildman–Crippen MR) is 32.3 cm³/mol. The summed E-state index contributed by atoms with van der Waals surface area (Å²) in [7, 11) is -3.16. The molecule has 0 saturated heterocycles. The van der Waals surface area contributed by atoms with Gasteiger partial charge in [-0.25, -0.2) is 13.6 Å². The average Bonchev–Trinajstić information content (AvgIpc) is 1.67. The molecule has 56 valence electrons. The number of rotatable bonds is 1. The van der Waals surface area contributed by atoms with Crippen molar-refractivity contribution < 1.29 is 18.3 Å². The lowest BCUT2D eigenvalue weighted by molar-refractivity contribution is -0.122. The van der Waals surface area contributed by atoms with E-state index in [2.05, 4.69) is 5.14 Å². The van der Waals surface area contributed by atoms with E-state index in [-0.39, 0.29) is 12.2 Å². The minimum atomic E-state index is -3.16. The smallest absolute Gasteiger partial charge is 0.290 e. The summed E-state index contributed by atoms with van der Waals surface area (Å²) in [4.78, 5) is 8.36. The second-order valence-corrected chi connectivity index (χ2v) is 2.96. The highest BCUT2D eigenvalue weighted by Gasteiger charge is 1.90. The van der Waals surface area contributed by atoms with Gasteiger partial charge in [0.2, 0.25) is 10.0 Å². The Hall–Kier alpha value is -0.620. The molecule has 0 aliphatic heterocycles. The van der Waals surface area contributed by atoms with Crippen LogP contribution in [0.3, 0.4) is 0 Å². The second kappa shape index (κ2) is 5.52. The van der Waals surface area contributed by atoms with Crippen LogP contribution < -0.4 is 5.14 Å². The molecule has 6 heteroatoms. The molecule has 0 saturated carbocycles. The number of primary sulfonamides is 1. The monoisotopic (exact) mass is 155 g/mol. The maximum atomic E-state index is 9.78. The van der Waals surface area contributed by atoms with Crippen LogP contribution in [0.15, 0.2) is 0 Å². The molecule has 0 unspecified atom stereocenters. The Kier molecular flexibility index (Phi) is 6.87. The number of carboxylic acid groups (broad SMARTS) is 1. The Labute approximate surface area is 53.5 Å². The van der Waals surface area contributed by atoms with E-state index in [4.69, 9.17) is 9.90 Å². The number of hydrogen-bond acceptors (Lipinski definition) is 3. The average molecular weight is 155 g/mol. The SMILES string of the molecule is CCS(N)(=O)=O.O=CO. The number of sulfonamides is 1. The molecule has 0 aromatic heterocycles. The van der Waals surface area contributed by atoms with Crippen molar-refractivity contribution >= 4 is 16.5 Å². The molecule has 0 bridgehead atoms. The fraction of sp³-hybridized carbons (Fsp3) is 0.667. The maximum absolute atomic E-state index is 9.78. The van der Waals surface area contributed by atoms with Crippen LogP contribution in [-0.4, -0.2) is 25.7 Å². The lowest BCUT2D eigenvalue weighted by Gasteiger charge is -1.81. The molecule has 0 aromatic carbocycles. The summed E-state index contributed by atoms with van der Waals surface area (Å²) < 4.78 is 19.6. The molecular formula is C3H9NO4S. The van der Waals surface area contributed by atoms with E-state index < -0.39 is 10.0 Å². The molecule has 9 heavy (non-hydrogen) atoms. The lowest BCUT2D eigenvalue weighted by Crippen LogP contribution is -2.13. The molecular weight excluding hydrogens is 146 g/mol. The first-order chi connectivity index (χ1) is 3.97. The van der Waals surface area contributed by atoms with E-state index in [1.165, 1.54) is 6.92 Å². The van der Waals surface area contributed by atoms with Gasteiger partial charge in [0.25, 0.3) is 6.47 Å². The van der Waals surface area contributed by atoms with E-state index in [9.17, 15) is 8.42 Å². The summed E-state index contributed by atoms with van der Waals surface area (Å²) in [5, 5.41) is 11.4. The highest BCUT2D eigenvalue weighted by atomic mass is 32.2. The molecule has 3 N–H and O–H groups in total. The van der Waals surface area contributed by atoms with Gasteiger partial charge in [-0.15, -0.1) is 0 Å². The third-order valence-corrected chi connectivity index (χ3v) is 1.21. The predicted octanol–water partition coefficient (Wildman–Crippen LogP) is -1.00. The number of hydrogen-bond donors (Lipinski definition) is 2. The fourth-order valence-corrected chi connectivity index (χ4v) is 0. The van der Waals surface area contributed by atoms with Gasteiger partial charge in [-0.2, -0.15) is 0 Å². The van der Waals surface area contributed by atoms with E-state index in [0.717, 1.165) is 0 Å². The van der Waals surface area contributed by atoms with Crippen LogP contribution in [0.25, 0.3) is 0 Å². The molecule has 0 rings (SSSR count). The van der Waals surface area contributed by atoms with E-state index in [1.54, 1.807) is 0 Å². The van der Waals surface area contributed by atoms with Gasteiger partial charge in [-0.3, -0.25) is 4.79 Å². The molecule has 0 amide bonds. The molecule has 0 aliphatic carbocycles. The first-order valence-electron chi connectivity index (χ1n) is 2.06. The molecule has 0 atom stereocenters. The molecule has 0 spiro atoms. The maximum Gasteiger partial charge on any atom is 0.290 e. The van der Waals surface area contributed by atoms with Gasteiger partial charge >= 0.3 is 0 Å². The van der Waals surface area contributed by atoms with Gasteiger partial charge in [0.15, 0.2) is 0 Å². The largest absolute Gasteiger partial charge is 0.483 e. The van der Waals surface area contributed by atoms with Gasteiger partial charge in [-0.05, 0) is 6.92 Å². The summed E-state index contributed by atoms with van der Waals surface area (Å²) in [6, 6.07) is 0. The number of nitrogens with two attached hydrogens (primary N) is 1. The second-order valence-electron chi connectivity index (χ2n) is 1.06. The third-order valence-electron chi connectivity index (χ3n) is 0.402. The summed E-state index contributed by atoms with van der Waals surface area (Å²) in [6.07, 6.45) is 0. The quantitative estimate of drug-likeness (QED) is 0.474. The van der Waals surface area contributed by atoms with Crippen LogP contribution >= 0.6 is 0 Å². The molecule has 0 heterocycles. The standard InChI is InChI=1S/C2H7NO2S.CH2O2/c1-2-6(3,4)5;2-1-3/h2H2,1H3,(H2,3,4,5);1H,(H,2,3). The zero-order chi connectivity index (χ0) is 7.91. The van der Waals surface area contributed by atoms with E-state index >= 15 is 0 Å². The van der Waals surface area contributed by atoms with Crippen LogP contribution in [0.5, 0.6) is 0 Å². The van der Waals surface area contributed by atoms with Crippen molar-refractivity contribution in [3.05, 3.63) is 0 Å². The Bertz CT molecular complexity index is 149. The Morgan fingerprint density at radius 1 is 1.67 bits per heavy atom. The Balaban J connectivity index is 0. The first kappa shape index (κ1) is 11.2. The van der Waals surface area contributed by atoms with Crippen molar-refractivity contribution in [3.63, 3.8) is 0 Å². The van der Waals surface area contributed by atoms with Crippen LogP contribution in [0.2, 0.25) is 0 Å². The molecule has 0 radical (unpaired) electrons. The van der Waals surface area contributed by atoms with Crippen molar-refractivity contribution in [2.75, 3.05) is 5.75 Å². The van der Waals surface area contributed by atoms with Crippen molar-refractivity contribution in [1.82, 2.24) is 0 Å². The Morgan fingerprint density at radius 2 is 1.78 bits per heavy atom. The summed E-state index contributed by atoms with van der Waals surface area (Å²) in [5.41, 5.74) is 0. The van der Waals surface area contributed by atoms with Crippen molar-refractivity contribution in [3.8, 4) is 0 Å². The van der Waals surface area contributed by atoms with Crippen LogP contribution in [-0.2, 0) is 14.8 Å².